The first-order chi connectivity index (χ1) is 12.9. The summed E-state index contributed by atoms with van der Waals surface area (Å²) in [4.78, 5) is 32.5. The number of nitro groups is 2. The standard InChI is InChI=1S/C16H14N4O7/c1-26-14-8-10(7-13(20(24)25)15(14)27-2)9-17-18-16(21)11-3-5-12(6-4-11)19(22)23/h3-9H,1-2H3,(H,18,21)/b17-9+. The van der Waals surface area contributed by atoms with Crippen LogP contribution in [-0.2, 0) is 0 Å². The number of carbonyl (C=O) groups is 1. The summed E-state index contributed by atoms with van der Waals surface area (Å²) in [5.41, 5.74) is 2.22. The van der Waals surface area contributed by atoms with E-state index in [1.54, 1.807) is 0 Å². The molecule has 0 aromatic heterocycles. The molecule has 1 N–H and O–H groups in total. The van der Waals surface area contributed by atoms with Gasteiger partial charge in [-0.2, -0.15) is 5.10 Å². The van der Waals surface area contributed by atoms with E-state index < -0.39 is 15.8 Å². The van der Waals surface area contributed by atoms with E-state index in [1.165, 1.54) is 56.8 Å². The van der Waals surface area contributed by atoms with E-state index in [0.29, 0.717) is 5.56 Å². The van der Waals surface area contributed by atoms with Gasteiger partial charge in [0.25, 0.3) is 11.6 Å². The number of nitrogens with one attached hydrogen (secondary N) is 1. The topological polar surface area (TPSA) is 146 Å². The molecule has 0 aliphatic carbocycles. The van der Waals surface area contributed by atoms with Gasteiger partial charge in [-0.1, -0.05) is 0 Å². The Morgan fingerprint density at radius 2 is 1.74 bits per heavy atom. The number of nitrogens with zero attached hydrogens (tertiary/aromatic N) is 3. The average molecular weight is 374 g/mol. The van der Waals surface area contributed by atoms with Crippen molar-refractivity contribution in [3.63, 3.8) is 0 Å². The predicted octanol–water partition coefficient (Wildman–Crippen LogP) is 2.28. The lowest BCUT2D eigenvalue weighted by atomic mass is 10.2. The number of ether oxygens (including phenoxy) is 2. The SMILES string of the molecule is COc1cc(/C=N/NC(=O)c2ccc([N+](=O)[O-])cc2)cc([N+](=O)[O-])c1OC. The molecule has 0 atom stereocenters. The number of benzene rings is 2. The summed E-state index contributed by atoms with van der Waals surface area (Å²) in [5.74, 6) is -0.500. The van der Waals surface area contributed by atoms with Crippen LogP contribution >= 0.6 is 0 Å². The van der Waals surface area contributed by atoms with Crippen LogP contribution in [0.5, 0.6) is 11.5 Å². The third kappa shape index (κ3) is 4.54. The van der Waals surface area contributed by atoms with Crippen molar-refractivity contribution < 1.29 is 24.1 Å². The highest BCUT2D eigenvalue weighted by molar-refractivity contribution is 5.95. The van der Waals surface area contributed by atoms with Gasteiger partial charge in [-0.3, -0.25) is 25.0 Å². The van der Waals surface area contributed by atoms with E-state index >= 15 is 0 Å². The molecule has 0 bridgehead atoms. The van der Waals surface area contributed by atoms with Gasteiger partial charge in [0.15, 0.2) is 5.75 Å². The zero-order valence-electron chi connectivity index (χ0n) is 14.2. The van der Waals surface area contributed by atoms with Crippen molar-refractivity contribution in [1.29, 1.82) is 0 Å². The summed E-state index contributed by atoms with van der Waals surface area (Å²) in [7, 11) is 2.61. The number of amides is 1. The Labute approximate surface area is 152 Å². The number of methoxy groups -OCH3 is 2. The third-order valence-corrected chi connectivity index (χ3v) is 3.40. The van der Waals surface area contributed by atoms with E-state index in [9.17, 15) is 25.0 Å². The quantitative estimate of drug-likeness (QED) is 0.444. The lowest BCUT2D eigenvalue weighted by molar-refractivity contribution is -0.385. The minimum absolute atomic E-state index is 0.0328. The van der Waals surface area contributed by atoms with E-state index in [-0.39, 0.29) is 28.4 Å². The molecule has 1 amide bonds. The summed E-state index contributed by atoms with van der Waals surface area (Å²) in [6, 6.07) is 7.61. The van der Waals surface area contributed by atoms with Crippen LogP contribution in [0.1, 0.15) is 15.9 Å². The Bertz CT molecular complexity index is 910. The Morgan fingerprint density at radius 3 is 2.26 bits per heavy atom. The predicted molar refractivity (Wildman–Crippen MR) is 94.4 cm³/mol. The number of carbonyl (C=O) groups excluding carboxylic acids is 1. The number of hydrazone groups is 1. The first-order valence-electron chi connectivity index (χ1n) is 7.35. The summed E-state index contributed by atoms with van der Waals surface area (Å²) >= 11 is 0. The van der Waals surface area contributed by atoms with Crippen molar-refractivity contribution in [2.24, 2.45) is 5.10 Å². The number of rotatable bonds is 7. The van der Waals surface area contributed by atoms with Crippen LogP contribution in [0.15, 0.2) is 41.5 Å². The van der Waals surface area contributed by atoms with Gasteiger partial charge in [0.05, 0.1) is 30.3 Å². The number of nitro benzene ring substituents is 2. The third-order valence-electron chi connectivity index (χ3n) is 3.40. The lowest BCUT2D eigenvalue weighted by Gasteiger charge is -2.08. The van der Waals surface area contributed by atoms with Crippen LogP contribution < -0.4 is 14.9 Å². The number of hydrogen-bond acceptors (Lipinski definition) is 8. The second-order valence-electron chi connectivity index (χ2n) is 5.04. The number of non-ortho nitro benzene ring substituents is 1. The van der Waals surface area contributed by atoms with Gasteiger partial charge < -0.3 is 9.47 Å². The zero-order chi connectivity index (χ0) is 20.0. The van der Waals surface area contributed by atoms with Crippen molar-refractivity contribution in [3.8, 4) is 11.5 Å². The maximum absolute atomic E-state index is 12.0. The van der Waals surface area contributed by atoms with Crippen LogP contribution in [0.25, 0.3) is 0 Å². The Kier molecular flexibility index (Phi) is 5.99. The van der Waals surface area contributed by atoms with Gasteiger partial charge in [-0.15, -0.1) is 0 Å². The van der Waals surface area contributed by atoms with E-state index in [4.69, 9.17) is 9.47 Å². The summed E-state index contributed by atoms with van der Waals surface area (Å²) < 4.78 is 10.0. The highest BCUT2D eigenvalue weighted by Crippen LogP contribution is 2.37. The monoisotopic (exact) mass is 374 g/mol. The summed E-state index contributed by atoms with van der Waals surface area (Å²) in [6.45, 7) is 0. The van der Waals surface area contributed by atoms with Crippen LogP contribution in [0.3, 0.4) is 0 Å². The molecular formula is C16H14N4O7. The van der Waals surface area contributed by atoms with Gasteiger partial charge in [-0.25, -0.2) is 5.43 Å². The van der Waals surface area contributed by atoms with Crippen LogP contribution in [0.2, 0.25) is 0 Å². The first kappa shape index (κ1) is 19.3. The van der Waals surface area contributed by atoms with E-state index in [0.717, 1.165) is 0 Å². The Morgan fingerprint density at radius 1 is 1.07 bits per heavy atom. The molecule has 0 fully saturated rings. The molecule has 0 saturated heterocycles. The number of hydrogen-bond donors (Lipinski definition) is 1. The molecule has 2 rings (SSSR count). The maximum Gasteiger partial charge on any atom is 0.315 e. The lowest BCUT2D eigenvalue weighted by Crippen LogP contribution is -2.17. The van der Waals surface area contributed by atoms with Gasteiger partial charge in [0.2, 0.25) is 5.75 Å². The van der Waals surface area contributed by atoms with Crippen molar-refractivity contribution in [3.05, 3.63) is 67.8 Å². The fourth-order valence-electron chi connectivity index (χ4n) is 2.14. The fourth-order valence-corrected chi connectivity index (χ4v) is 2.14. The molecule has 2 aromatic rings. The van der Waals surface area contributed by atoms with Gasteiger partial charge in [0.1, 0.15) is 0 Å². The van der Waals surface area contributed by atoms with Crippen LogP contribution in [0.4, 0.5) is 11.4 Å². The molecule has 11 heteroatoms. The molecule has 27 heavy (non-hydrogen) atoms. The van der Waals surface area contributed by atoms with Crippen molar-refractivity contribution >= 4 is 23.5 Å². The second kappa shape index (κ2) is 8.38. The zero-order valence-corrected chi connectivity index (χ0v) is 14.2. The van der Waals surface area contributed by atoms with Crippen molar-refractivity contribution in [2.75, 3.05) is 14.2 Å². The van der Waals surface area contributed by atoms with Crippen molar-refractivity contribution in [1.82, 2.24) is 5.43 Å². The molecule has 11 nitrogen and oxygen atoms in total. The average Bonchev–Trinajstić information content (AvgIpc) is 2.66. The molecule has 140 valence electrons. The Balaban J connectivity index is 2.17. The van der Waals surface area contributed by atoms with E-state index in [2.05, 4.69) is 10.5 Å². The summed E-state index contributed by atoms with van der Waals surface area (Å²) in [6.07, 6.45) is 1.19. The molecule has 2 aromatic carbocycles. The second-order valence-corrected chi connectivity index (χ2v) is 5.04. The highest BCUT2D eigenvalue weighted by Gasteiger charge is 2.21. The maximum atomic E-state index is 12.0. The highest BCUT2D eigenvalue weighted by atomic mass is 16.6. The van der Waals surface area contributed by atoms with Crippen molar-refractivity contribution in [2.45, 2.75) is 0 Å². The largest absolute Gasteiger partial charge is 0.493 e. The minimum atomic E-state index is -0.631. The Hall–Kier alpha value is -4.02. The van der Waals surface area contributed by atoms with Gasteiger partial charge in [0, 0.05) is 29.3 Å². The van der Waals surface area contributed by atoms with Gasteiger partial charge >= 0.3 is 5.69 Å². The minimum Gasteiger partial charge on any atom is -0.493 e. The smallest absolute Gasteiger partial charge is 0.315 e. The normalized spacial score (nSPS) is 10.4. The molecule has 0 radical (unpaired) electrons. The molecule has 0 aliphatic rings. The molecule has 0 spiro atoms. The van der Waals surface area contributed by atoms with Crippen LogP contribution in [0, 0.1) is 20.2 Å². The molecule has 0 saturated carbocycles. The summed E-state index contributed by atoms with van der Waals surface area (Å²) in [5, 5.41) is 25.5. The molecule has 0 aliphatic heterocycles. The first-order valence-corrected chi connectivity index (χ1v) is 7.35. The molecule has 0 heterocycles. The molecule has 0 unspecified atom stereocenters. The van der Waals surface area contributed by atoms with Crippen LogP contribution in [-0.4, -0.2) is 36.2 Å². The van der Waals surface area contributed by atoms with Gasteiger partial charge in [-0.05, 0) is 18.2 Å². The molecular weight excluding hydrogens is 360 g/mol. The fraction of sp³-hybridized carbons (Fsp3) is 0.125. The van der Waals surface area contributed by atoms with E-state index in [1.807, 2.05) is 0 Å².